The predicted molar refractivity (Wildman–Crippen MR) is 204 cm³/mol. The number of ketones is 1. The molecule has 0 spiro atoms. The summed E-state index contributed by atoms with van der Waals surface area (Å²) >= 11 is 6.38. The second-order valence-electron chi connectivity index (χ2n) is 15.1. The number of fused-ring (bicyclic) bond motifs is 8. The van der Waals surface area contributed by atoms with Crippen molar-refractivity contribution in [1.29, 1.82) is 0 Å². The predicted octanol–water partition coefficient (Wildman–Crippen LogP) is 8.75. The number of benzene rings is 3. The Balaban J connectivity index is 1.54. The molecule has 0 radical (unpaired) electrons. The molecule has 2 amide bonds. The van der Waals surface area contributed by atoms with Crippen molar-refractivity contribution in [2.75, 3.05) is 26.8 Å². The van der Waals surface area contributed by atoms with E-state index in [-0.39, 0.29) is 47.3 Å². The van der Waals surface area contributed by atoms with Crippen molar-refractivity contribution in [2.45, 2.75) is 102 Å². The Kier molecular flexibility index (Phi) is 13.3. The van der Waals surface area contributed by atoms with Gasteiger partial charge in [-0.15, -0.1) is 0 Å². The molecule has 3 aromatic carbocycles. The van der Waals surface area contributed by atoms with Crippen molar-refractivity contribution < 1.29 is 28.9 Å². The Bertz CT molecular complexity index is 1710. The zero-order valence-electron chi connectivity index (χ0n) is 31.0. The van der Waals surface area contributed by atoms with Crippen LogP contribution in [0.2, 0.25) is 5.02 Å². The third kappa shape index (κ3) is 9.14. The summed E-state index contributed by atoms with van der Waals surface area (Å²) in [5, 5.41) is 27.2. The highest BCUT2D eigenvalue weighted by Gasteiger charge is 2.57. The molecule has 3 aliphatic rings. The van der Waals surface area contributed by atoms with Crippen LogP contribution in [0.25, 0.3) is 0 Å². The number of methoxy groups -OCH3 is 1. The fraction of sp³-hybridized carbons (Fsp3) is 0.488. The maximum atomic E-state index is 14.9. The Hall–Kier alpha value is -3.56. The van der Waals surface area contributed by atoms with Gasteiger partial charge in [0.2, 0.25) is 0 Å². The van der Waals surface area contributed by atoms with Crippen molar-refractivity contribution in [3.8, 4) is 0 Å². The largest absolute Gasteiger partial charge is 0.393 e. The first-order valence-corrected chi connectivity index (χ1v) is 19.0. The summed E-state index contributed by atoms with van der Waals surface area (Å²) in [6, 6.07) is 19.5. The van der Waals surface area contributed by atoms with E-state index in [9.17, 15) is 24.2 Å². The third-order valence-electron chi connectivity index (χ3n) is 11.5. The van der Waals surface area contributed by atoms with Crippen molar-refractivity contribution in [3.63, 3.8) is 0 Å². The number of allylic oxidation sites excluding steroid dienone is 2. The van der Waals surface area contributed by atoms with Gasteiger partial charge in [0.05, 0.1) is 24.3 Å². The fourth-order valence-electron chi connectivity index (χ4n) is 8.27. The lowest BCUT2D eigenvalue weighted by Crippen LogP contribution is -2.55. The number of aliphatic hydroxyl groups is 2. The van der Waals surface area contributed by atoms with Crippen molar-refractivity contribution in [2.24, 2.45) is 5.41 Å². The summed E-state index contributed by atoms with van der Waals surface area (Å²) in [5.41, 5.74) is 2.34. The van der Waals surface area contributed by atoms with Gasteiger partial charge in [0.1, 0.15) is 5.82 Å². The average Bonchev–Trinajstić information content (AvgIpc) is 3.37. The molecule has 5 unspecified atom stereocenters. The van der Waals surface area contributed by atoms with Crippen LogP contribution in [0.3, 0.4) is 0 Å². The molecule has 3 aromatic rings. The standard InChI is InChI=1S/C43H54ClFN2O5/c1-29-11-9-21-42(3)37(20-22-43(42,51)28-47(23-10-24-52-4)41(50)46-30(2)32-12-6-5-7-13-32)34-19-17-31(25-33(48)18-16-29)26-35(34)40(49)27-36-38(44)14-8-15-39(36)45/h5-8,11-15,17,19,26,30,33,37,48,51H,9-10,16,18,20-25,27-28H2,1-4H3,(H,46,50). The molecule has 0 aliphatic heterocycles. The molecule has 3 aliphatic carbocycles. The van der Waals surface area contributed by atoms with Gasteiger partial charge < -0.3 is 25.2 Å². The van der Waals surface area contributed by atoms with E-state index < -0.39 is 22.9 Å². The number of Topliss-reactive ketones (excluding diaryl/α,β-unsaturated/α-hetero) is 1. The Morgan fingerprint density at radius 2 is 1.87 bits per heavy atom. The van der Waals surface area contributed by atoms with E-state index in [4.69, 9.17) is 16.3 Å². The molecule has 280 valence electrons. The van der Waals surface area contributed by atoms with Crippen LogP contribution in [-0.4, -0.2) is 65.4 Å². The molecule has 2 bridgehead atoms. The molecule has 9 heteroatoms. The molecule has 0 heterocycles. The van der Waals surface area contributed by atoms with Gasteiger partial charge in [0, 0.05) is 48.2 Å². The normalized spacial score (nSPS) is 24.0. The lowest BCUT2D eigenvalue weighted by molar-refractivity contribution is -0.0775. The molecular formula is C43H54ClFN2O5. The number of aliphatic hydroxyl groups excluding tert-OH is 1. The van der Waals surface area contributed by atoms with E-state index in [1.165, 1.54) is 17.7 Å². The molecule has 6 rings (SSSR count). The first kappa shape index (κ1) is 39.6. The number of nitrogens with one attached hydrogen (secondary N) is 1. The highest BCUT2D eigenvalue weighted by Crippen LogP contribution is 2.59. The first-order chi connectivity index (χ1) is 24.8. The van der Waals surface area contributed by atoms with Gasteiger partial charge in [-0.1, -0.05) is 78.7 Å². The zero-order chi connectivity index (χ0) is 37.5. The Morgan fingerprint density at radius 3 is 2.60 bits per heavy atom. The van der Waals surface area contributed by atoms with E-state index in [0.717, 1.165) is 23.1 Å². The summed E-state index contributed by atoms with van der Waals surface area (Å²) < 4.78 is 20.3. The number of hydrogen-bond donors (Lipinski definition) is 3. The summed E-state index contributed by atoms with van der Waals surface area (Å²) in [6.07, 6.45) is 6.00. The van der Waals surface area contributed by atoms with Crippen molar-refractivity contribution >= 4 is 23.4 Å². The molecule has 5 atom stereocenters. The van der Waals surface area contributed by atoms with Gasteiger partial charge in [0.25, 0.3) is 0 Å². The van der Waals surface area contributed by atoms with Crippen LogP contribution in [-0.2, 0) is 17.6 Å². The molecule has 0 saturated heterocycles. The fourth-order valence-corrected chi connectivity index (χ4v) is 8.50. The summed E-state index contributed by atoms with van der Waals surface area (Å²) in [6.45, 7) is 7.10. The van der Waals surface area contributed by atoms with Gasteiger partial charge in [-0.3, -0.25) is 4.79 Å². The number of nitrogens with zero attached hydrogens (tertiary/aromatic N) is 1. The van der Waals surface area contributed by atoms with Crippen LogP contribution in [0.4, 0.5) is 9.18 Å². The molecular weight excluding hydrogens is 679 g/mol. The van der Waals surface area contributed by atoms with Crippen molar-refractivity contribution in [3.05, 3.63) is 117 Å². The van der Waals surface area contributed by atoms with E-state index in [0.29, 0.717) is 63.7 Å². The highest BCUT2D eigenvalue weighted by atomic mass is 35.5. The van der Waals surface area contributed by atoms with Gasteiger partial charge in [-0.25, -0.2) is 9.18 Å². The second kappa shape index (κ2) is 17.5. The SMILES string of the molecule is COCCCN(CC1(O)CCC2c3ccc(cc3C(=O)Cc3c(F)cccc3Cl)CC(O)CCC(C)=CCCC21C)C(=O)NC(C)c1ccccc1. The van der Waals surface area contributed by atoms with Gasteiger partial charge in [-0.05, 0) is 106 Å². The maximum Gasteiger partial charge on any atom is 0.317 e. The minimum Gasteiger partial charge on any atom is -0.393 e. The maximum absolute atomic E-state index is 14.9. The minimum atomic E-state index is -1.29. The molecule has 0 aromatic heterocycles. The van der Waals surface area contributed by atoms with E-state index in [1.807, 2.05) is 55.5 Å². The number of amides is 2. The van der Waals surface area contributed by atoms with E-state index in [2.05, 4.69) is 25.2 Å². The summed E-state index contributed by atoms with van der Waals surface area (Å²) in [4.78, 5) is 29.9. The lowest BCUT2D eigenvalue weighted by Gasteiger charge is -2.46. The number of halogens is 2. The van der Waals surface area contributed by atoms with Crippen LogP contribution in [0.1, 0.15) is 110 Å². The number of carbonyl (C=O) groups excluding carboxylic acids is 2. The van der Waals surface area contributed by atoms with Crippen LogP contribution in [0.15, 0.2) is 78.4 Å². The summed E-state index contributed by atoms with van der Waals surface area (Å²) in [5.74, 6) is -1.04. The first-order valence-electron chi connectivity index (χ1n) is 18.6. The number of ether oxygens (including phenoxy) is 1. The van der Waals surface area contributed by atoms with E-state index >= 15 is 0 Å². The highest BCUT2D eigenvalue weighted by molar-refractivity contribution is 6.31. The number of rotatable bonds is 11. The molecule has 52 heavy (non-hydrogen) atoms. The minimum absolute atomic E-state index is 0.109. The van der Waals surface area contributed by atoms with Crippen molar-refractivity contribution in [1.82, 2.24) is 10.2 Å². The monoisotopic (exact) mass is 732 g/mol. The van der Waals surface area contributed by atoms with Crippen LogP contribution < -0.4 is 5.32 Å². The number of hydrogen-bond acceptors (Lipinski definition) is 5. The summed E-state index contributed by atoms with van der Waals surface area (Å²) in [7, 11) is 1.63. The Labute approximate surface area is 313 Å². The molecule has 1 saturated carbocycles. The quantitative estimate of drug-likeness (QED) is 0.104. The van der Waals surface area contributed by atoms with Crippen LogP contribution in [0, 0.1) is 11.2 Å². The number of carbonyl (C=O) groups is 2. The molecule has 7 nitrogen and oxygen atoms in total. The van der Waals surface area contributed by atoms with Crippen LogP contribution >= 0.6 is 11.6 Å². The lowest BCUT2D eigenvalue weighted by atomic mass is 9.64. The second-order valence-corrected chi connectivity index (χ2v) is 15.5. The van der Waals surface area contributed by atoms with E-state index in [1.54, 1.807) is 18.1 Å². The van der Waals surface area contributed by atoms with Gasteiger partial charge in [-0.2, -0.15) is 0 Å². The topological polar surface area (TPSA) is 99.1 Å². The molecule has 1 fully saturated rings. The van der Waals surface area contributed by atoms with Crippen LogP contribution in [0.5, 0.6) is 0 Å². The third-order valence-corrected chi connectivity index (χ3v) is 11.9. The van der Waals surface area contributed by atoms with Gasteiger partial charge >= 0.3 is 6.03 Å². The molecule has 3 N–H and O–H groups in total. The van der Waals surface area contributed by atoms with Gasteiger partial charge in [0.15, 0.2) is 5.78 Å². The number of urea groups is 1. The Morgan fingerprint density at radius 1 is 1.10 bits per heavy atom. The smallest absolute Gasteiger partial charge is 0.317 e. The average molecular weight is 733 g/mol. The zero-order valence-corrected chi connectivity index (χ0v) is 31.7.